The van der Waals surface area contributed by atoms with Crippen LogP contribution >= 0.6 is 0 Å². The van der Waals surface area contributed by atoms with E-state index in [1.165, 1.54) is 37.1 Å². The molecule has 0 aliphatic carbocycles. The lowest BCUT2D eigenvalue weighted by Gasteiger charge is -2.40. The van der Waals surface area contributed by atoms with Gasteiger partial charge in [-0.15, -0.1) is 0 Å². The summed E-state index contributed by atoms with van der Waals surface area (Å²) in [5.41, 5.74) is 2.86. The van der Waals surface area contributed by atoms with Gasteiger partial charge in [0.05, 0.1) is 0 Å². The molecule has 98 valence electrons. The minimum Gasteiger partial charge on any atom is -0.384 e. The summed E-state index contributed by atoms with van der Waals surface area (Å²) in [6.07, 6.45) is 4.14. The fourth-order valence-corrected chi connectivity index (χ4v) is 3.61. The third-order valence-electron chi connectivity index (χ3n) is 4.75. The number of hydrogen-bond donors (Lipinski definition) is 1. The molecule has 1 N–H and O–H groups in total. The van der Waals surface area contributed by atoms with Crippen LogP contribution in [-0.4, -0.2) is 30.1 Å². The molecule has 2 heterocycles. The lowest BCUT2D eigenvalue weighted by molar-refractivity contribution is 0.0976. The quantitative estimate of drug-likeness (QED) is 0.857. The van der Waals surface area contributed by atoms with Gasteiger partial charge < -0.3 is 5.32 Å². The van der Waals surface area contributed by atoms with Crippen LogP contribution in [-0.2, 0) is 0 Å². The number of likely N-dealkylation sites (tertiary alicyclic amines) is 1. The Morgan fingerprint density at radius 3 is 2.67 bits per heavy atom. The Bertz CT molecular complexity index is 405. The number of nitrogens with one attached hydrogen (secondary N) is 1. The van der Waals surface area contributed by atoms with Crippen molar-refractivity contribution in [3.8, 4) is 0 Å². The minimum atomic E-state index is 0.671. The number of para-hydroxylation sites is 1. The summed E-state index contributed by atoms with van der Waals surface area (Å²) in [7, 11) is 0. The Hall–Kier alpha value is -1.02. The first kappa shape index (κ1) is 12.0. The van der Waals surface area contributed by atoms with Crippen LogP contribution in [0.2, 0.25) is 0 Å². The Kier molecular flexibility index (Phi) is 3.29. The van der Waals surface area contributed by atoms with Gasteiger partial charge in [-0.1, -0.05) is 24.6 Å². The van der Waals surface area contributed by atoms with Crippen LogP contribution in [0.5, 0.6) is 0 Å². The highest BCUT2D eigenvalue weighted by molar-refractivity contribution is 5.57. The molecule has 1 aromatic carbocycles. The zero-order valence-corrected chi connectivity index (χ0v) is 11.5. The van der Waals surface area contributed by atoms with Crippen LogP contribution in [0.15, 0.2) is 24.3 Å². The molecule has 0 amide bonds. The van der Waals surface area contributed by atoms with Crippen LogP contribution in [0, 0.1) is 0 Å². The van der Waals surface area contributed by atoms with Crippen molar-refractivity contribution in [1.82, 2.24) is 4.90 Å². The average molecular weight is 244 g/mol. The second-order valence-corrected chi connectivity index (χ2v) is 5.99. The smallest absolute Gasteiger partial charge is 0.0376 e. The Morgan fingerprint density at radius 1 is 1.17 bits per heavy atom. The third kappa shape index (κ3) is 2.14. The lowest BCUT2D eigenvalue weighted by Crippen LogP contribution is -2.45. The van der Waals surface area contributed by atoms with E-state index in [9.17, 15) is 0 Å². The SMILES string of the molecule is C[C@@H]1CCC[C@H](C)N1CC1CNc2ccccc21. The van der Waals surface area contributed by atoms with Gasteiger partial charge in [0, 0.05) is 36.8 Å². The number of benzene rings is 1. The summed E-state index contributed by atoms with van der Waals surface area (Å²) in [6.45, 7) is 7.11. The van der Waals surface area contributed by atoms with Gasteiger partial charge in [0.2, 0.25) is 0 Å². The first-order valence-corrected chi connectivity index (χ1v) is 7.34. The van der Waals surface area contributed by atoms with E-state index in [-0.39, 0.29) is 0 Å². The van der Waals surface area contributed by atoms with Crippen molar-refractivity contribution in [3.05, 3.63) is 29.8 Å². The van der Waals surface area contributed by atoms with Gasteiger partial charge in [0.1, 0.15) is 0 Å². The van der Waals surface area contributed by atoms with E-state index < -0.39 is 0 Å². The molecule has 1 unspecified atom stereocenters. The normalized spacial score (nSPS) is 32.0. The molecule has 2 aliphatic rings. The molecule has 0 spiro atoms. The molecule has 2 aliphatic heterocycles. The van der Waals surface area contributed by atoms with E-state index in [2.05, 4.69) is 48.3 Å². The van der Waals surface area contributed by atoms with Gasteiger partial charge in [-0.25, -0.2) is 0 Å². The molecular formula is C16H24N2. The fourth-order valence-electron chi connectivity index (χ4n) is 3.61. The molecule has 3 atom stereocenters. The minimum absolute atomic E-state index is 0.671. The highest BCUT2D eigenvalue weighted by Crippen LogP contribution is 2.34. The molecule has 1 aromatic rings. The standard InChI is InChI=1S/C16H24N2/c1-12-6-5-7-13(2)18(12)11-14-10-17-16-9-4-3-8-15(14)16/h3-4,8-9,12-14,17H,5-7,10-11H2,1-2H3/t12-,13+,14?. The summed E-state index contributed by atoms with van der Waals surface area (Å²) < 4.78 is 0. The van der Waals surface area contributed by atoms with E-state index >= 15 is 0 Å². The predicted octanol–water partition coefficient (Wildman–Crippen LogP) is 3.46. The number of piperidine rings is 1. The van der Waals surface area contributed by atoms with Gasteiger partial charge in [0.25, 0.3) is 0 Å². The van der Waals surface area contributed by atoms with Gasteiger partial charge in [0.15, 0.2) is 0 Å². The average Bonchev–Trinajstić information content (AvgIpc) is 2.77. The maximum Gasteiger partial charge on any atom is 0.0376 e. The molecule has 18 heavy (non-hydrogen) atoms. The van der Waals surface area contributed by atoms with Crippen LogP contribution in [0.3, 0.4) is 0 Å². The van der Waals surface area contributed by atoms with Gasteiger partial charge in [-0.2, -0.15) is 0 Å². The number of rotatable bonds is 2. The summed E-state index contributed by atoms with van der Waals surface area (Å²) in [5, 5.41) is 3.54. The van der Waals surface area contributed by atoms with E-state index in [1.54, 1.807) is 0 Å². The number of hydrogen-bond acceptors (Lipinski definition) is 2. The first-order valence-electron chi connectivity index (χ1n) is 7.34. The number of anilines is 1. The van der Waals surface area contributed by atoms with Crippen LogP contribution < -0.4 is 5.32 Å². The molecule has 3 rings (SSSR count). The molecular weight excluding hydrogens is 220 g/mol. The maximum absolute atomic E-state index is 3.54. The fraction of sp³-hybridized carbons (Fsp3) is 0.625. The summed E-state index contributed by atoms with van der Waals surface area (Å²) in [6, 6.07) is 10.3. The Morgan fingerprint density at radius 2 is 1.89 bits per heavy atom. The van der Waals surface area contributed by atoms with Crippen molar-refractivity contribution in [2.75, 3.05) is 18.4 Å². The molecule has 0 aromatic heterocycles. The van der Waals surface area contributed by atoms with E-state index in [4.69, 9.17) is 0 Å². The number of fused-ring (bicyclic) bond motifs is 1. The van der Waals surface area contributed by atoms with Crippen LogP contribution in [0.1, 0.15) is 44.6 Å². The molecule has 0 saturated carbocycles. The summed E-state index contributed by atoms with van der Waals surface area (Å²) in [4.78, 5) is 2.72. The zero-order chi connectivity index (χ0) is 12.5. The predicted molar refractivity (Wildman–Crippen MR) is 77.2 cm³/mol. The van der Waals surface area contributed by atoms with Crippen LogP contribution in [0.25, 0.3) is 0 Å². The monoisotopic (exact) mass is 244 g/mol. The summed E-state index contributed by atoms with van der Waals surface area (Å²) in [5.74, 6) is 0.671. The molecule has 1 fully saturated rings. The molecule has 1 saturated heterocycles. The van der Waals surface area contributed by atoms with Crippen LogP contribution in [0.4, 0.5) is 5.69 Å². The molecule has 0 radical (unpaired) electrons. The second kappa shape index (κ2) is 4.93. The maximum atomic E-state index is 3.54. The highest BCUT2D eigenvalue weighted by Gasteiger charge is 2.30. The van der Waals surface area contributed by atoms with Crippen molar-refractivity contribution in [1.29, 1.82) is 0 Å². The van der Waals surface area contributed by atoms with E-state index in [1.807, 2.05) is 0 Å². The third-order valence-corrected chi connectivity index (χ3v) is 4.75. The largest absolute Gasteiger partial charge is 0.384 e. The van der Waals surface area contributed by atoms with Crippen molar-refractivity contribution in [2.24, 2.45) is 0 Å². The van der Waals surface area contributed by atoms with Crippen molar-refractivity contribution in [3.63, 3.8) is 0 Å². The lowest BCUT2D eigenvalue weighted by atomic mass is 9.93. The van der Waals surface area contributed by atoms with E-state index in [0.29, 0.717) is 5.92 Å². The van der Waals surface area contributed by atoms with Crippen molar-refractivity contribution >= 4 is 5.69 Å². The summed E-state index contributed by atoms with van der Waals surface area (Å²) >= 11 is 0. The van der Waals surface area contributed by atoms with Crippen molar-refractivity contribution in [2.45, 2.75) is 51.1 Å². The molecule has 2 heteroatoms. The highest BCUT2D eigenvalue weighted by atomic mass is 15.2. The zero-order valence-electron chi connectivity index (χ0n) is 11.5. The Balaban J connectivity index is 1.74. The van der Waals surface area contributed by atoms with Gasteiger partial charge in [-0.3, -0.25) is 4.90 Å². The van der Waals surface area contributed by atoms with Crippen molar-refractivity contribution < 1.29 is 0 Å². The Labute approximate surface area is 110 Å². The molecule has 2 nitrogen and oxygen atoms in total. The second-order valence-electron chi connectivity index (χ2n) is 5.99. The van der Waals surface area contributed by atoms with E-state index in [0.717, 1.165) is 18.6 Å². The van der Waals surface area contributed by atoms with Gasteiger partial charge >= 0.3 is 0 Å². The number of nitrogens with zero attached hydrogens (tertiary/aromatic N) is 1. The first-order chi connectivity index (χ1) is 8.75. The topological polar surface area (TPSA) is 15.3 Å². The molecule has 0 bridgehead atoms. The van der Waals surface area contributed by atoms with Gasteiger partial charge in [-0.05, 0) is 38.3 Å².